The fourth-order valence-corrected chi connectivity index (χ4v) is 2.17. The van der Waals surface area contributed by atoms with Crippen LogP contribution in [-0.2, 0) is 16.1 Å². The maximum absolute atomic E-state index is 12.0. The average Bonchev–Trinajstić information content (AvgIpc) is 2.52. The Bertz CT molecular complexity index is 510. The van der Waals surface area contributed by atoms with Gasteiger partial charge in [0.2, 0.25) is 5.91 Å². The van der Waals surface area contributed by atoms with Crippen molar-refractivity contribution in [1.29, 1.82) is 0 Å². The number of carbonyl (C=O) groups excluding carboxylic acids is 1. The van der Waals surface area contributed by atoms with Crippen molar-refractivity contribution in [3.63, 3.8) is 0 Å². The number of amides is 1. The molecule has 1 saturated heterocycles. The van der Waals surface area contributed by atoms with Crippen molar-refractivity contribution in [1.82, 2.24) is 5.32 Å². The molecule has 1 aromatic rings. The average molecular weight is 273 g/mol. The topological polar surface area (TPSA) is 58.6 Å². The third kappa shape index (κ3) is 4.09. The molecule has 2 rings (SSSR count). The van der Waals surface area contributed by atoms with Crippen molar-refractivity contribution in [2.24, 2.45) is 0 Å². The number of carbonyl (C=O) groups is 1. The Balaban J connectivity index is 1.94. The van der Waals surface area contributed by atoms with Gasteiger partial charge in [0.1, 0.15) is 12.7 Å². The summed E-state index contributed by atoms with van der Waals surface area (Å²) in [5.41, 5.74) is 1.77. The van der Waals surface area contributed by atoms with Crippen LogP contribution in [-0.4, -0.2) is 30.3 Å². The second kappa shape index (κ2) is 7.68. The molecule has 1 amide bonds. The zero-order valence-electron chi connectivity index (χ0n) is 11.4. The van der Waals surface area contributed by atoms with E-state index in [0.29, 0.717) is 13.2 Å². The highest BCUT2D eigenvalue weighted by atomic mass is 16.5. The van der Waals surface area contributed by atoms with Crippen molar-refractivity contribution in [3.8, 4) is 11.8 Å². The molecule has 0 aromatic heterocycles. The summed E-state index contributed by atoms with van der Waals surface area (Å²) in [5, 5.41) is 11.6. The van der Waals surface area contributed by atoms with Crippen LogP contribution < -0.4 is 5.32 Å². The number of aliphatic hydroxyl groups excluding tert-OH is 1. The molecule has 4 heteroatoms. The summed E-state index contributed by atoms with van der Waals surface area (Å²) in [4.78, 5) is 12.0. The van der Waals surface area contributed by atoms with Crippen LogP contribution in [0.3, 0.4) is 0 Å². The Labute approximate surface area is 119 Å². The zero-order valence-corrected chi connectivity index (χ0v) is 11.4. The van der Waals surface area contributed by atoms with Crippen LogP contribution in [0.1, 0.15) is 30.4 Å². The maximum atomic E-state index is 12.0. The molecule has 20 heavy (non-hydrogen) atoms. The lowest BCUT2D eigenvalue weighted by molar-refractivity contribution is -0.135. The molecule has 4 nitrogen and oxygen atoms in total. The summed E-state index contributed by atoms with van der Waals surface area (Å²) in [6.07, 6.45) is 2.54. The Morgan fingerprint density at radius 3 is 3.00 bits per heavy atom. The van der Waals surface area contributed by atoms with E-state index in [0.717, 1.165) is 30.4 Å². The molecule has 106 valence electrons. The molecule has 0 aliphatic carbocycles. The second-order valence-electron chi connectivity index (χ2n) is 4.69. The largest absolute Gasteiger partial charge is 0.384 e. The molecule has 0 saturated carbocycles. The number of ether oxygens (including phenoxy) is 1. The van der Waals surface area contributed by atoms with Gasteiger partial charge in [0.25, 0.3) is 0 Å². The molecule has 0 spiro atoms. The number of benzene rings is 1. The van der Waals surface area contributed by atoms with E-state index in [1.54, 1.807) is 0 Å². The summed E-state index contributed by atoms with van der Waals surface area (Å²) in [6, 6.07) is 7.59. The Hall–Kier alpha value is -1.83. The van der Waals surface area contributed by atoms with E-state index in [2.05, 4.69) is 17.2 Å². The first-order chi connectivity index (χ1) is 9.81. The summed E-state index contributed by atoms with van der Waals surface area (Å²) in [5.74, 6) is 5.45. The lowest BCUT2D eigenvalue weighted by atomic mass is 10.1. The highest BCUT2D eigenvalue weighted by molar-refractivity contribution is 5.80. The van der Waals surface area contributed by atoms with Crippen molar-refractivity contribution in [2.75, 3.05) is 13.2 Å². The van der Waals surface area contributed by atoms with Crippen molar-refractivity contribution < 1.29 is 14.6 Å². The van der Waals surface area contributed by atoms with Crippen LogP contribution in [0, 0.1) is 11.8 Å². The van der Waals surface area contributed by atoms with Gasteiger partial charge in [0, 0.05) is 18.7 Å². The van der Waals surface area contributed by atoms with E-state index in [4.69, 9.17) is 9.84 Å². The Morgan fingerprint density at radius 2 is 2.25 bits per heavy atom. The van der Waals surface area contributed by atoms with Gasteiger partial charge in [-0.1, -0.05) is 30.0 Å². The third-order valence-corrected chi connectivity index (χ3v) is 3.24. The monoisotopic (exact) mass is 273 g/mol. The molecule has 0 radical (unpaired) electrons. The predicted octanol–water partition coefficient (Wildman–Crippen LogP) is 1.22. The Kier molecular flexibility index (Phi) is 5.60. The highest BCUT2D eigenvalue weighted by Crippen LogP contribution is 2.13. The van der Waals surface area contributed by atoms with E-state index >= 15 is 0 Å². The number of hydrogen-bond acceptors (Lipinski definition) is 3. The Morgan fingerprint density at radius 1 is 1.40 bits per heavy atom. The molecule has 1 fully saturated rings. The van der Waals surface area contributed by atoms with Gasteiger partial charge < -0.3 is 15.2 Å². The maximum Gasteiger partial charge on any atom is 0.249 e. The molecule has 2 N–H and O–H groups in total. The van der Waals surface area contributed by atoms with Crippen LogP contribution in [0.2, 0.25) is 0 Å². The van der Waals surface area contributed by atoms with Crippen LogP contribution in [0.15, 0.2) is 24.3 Å². The first-order valence-corrected chi connectivity index (χ1v) is 6.88. The summed E-state index contributed by atoms with van der Waals surface area (Å²) in [7, 11) is 0. The molecule has 1 aromatic carbocycles. The molecule has 0 bridgehead atoms. The summed E-state index contributed by atoms with van der Waals surface area (Å²) >= 11 is 0. The van der Waals surface area contributed by atoms with Crippen molar-refractivity contribution in [3.05, 3.63) is 35.4 Å². The fraction of sp³-hybridized carbons (Fsp3) is 0.438. The van der Waals surface area contributed by atoms with Crippen molar-refractivity contribution >= 4 is 5.91 Å². The fourth-order valence-electron chi connectivity index (χ4n) is 2.17. The highest BCUT2D eigenvalue weighted by Gasteiger charge is 2.21. The van der Waals surface area contributed by atoms with E-state index in [1.807, 2.05) is 24.3 Å². The van der Waals surface area contributed by atoms with Crippen LogP contribution >= 0.6 is 0 Å². The van der Waals surface area contributed by atoms with Gasteiger partial charge in [-0.2, -0.15) is 0 Å². The molecule has 1 aliphatic heterocycles. The van der Waals surface area contributed by atoms with Gasteiger partial charge in [0.05, 0.1) is 0 Å². The minimum atomic E-state index is -0.320. The molecule has 1 atom stereocenters. The predicted molar refractivity (Wildman–Crippen MR) is 75.8 cm³/mol. The molecule has 1 unspecified atom stereocenters. The lowest BCUT2D eigenvalue weighted by Gasteiger charge is -2.21. The quantitative estimate of drug-likeness (QED) is 0.814. The first kappa shape index (κ1) is 14.6. The summed E-state index contributed by atoms with van der Waals surface area (Å²) in [6.45, 7) is 0.919. The molecular weight excluding hydrogens is 254 g/mol. The first-order valence-electron chi connectivity index (χ1n) is 6.88. The smallest absolute Gasteiger partial charge is 0.249 e. The number of hydrogen-bond donors (Lipinski definition) is 2. The molecule has 1 heterocycles. The van der Waals surface area contributed by atoms with Gasteiger partial charge in [-0.3, -0.25) is 4.79 Å². The van der Waals surface area contributed by atoms with E-state index in [-0.39, 0.29) is 18.6 Å². The van der Waals surface area contributed by atoms with Crippen LogP contribution in [0.5, 0.6) is 0 Å². The molecule has 1 aliphatic rings. The van der Waals surface area contributed by atoms with Crippen LogP contribution in [0.25, 0.3) is 0 Å². The van der Waals surface area contributed by atoms with Crippen molar-refractivity contribution in [2.45, 2.75) is 31.9 Å². The van der Waals surface area contributed by atoms with Gasteiger partial charge in [-0.05, 0) is 30.9 Å². The normalized spacial score (nSPS) is 17.9. The van der Waals surface area contributed by atoms with Crippen LogP contribution in [0.4, 0.5) is 0 Å². The minimum absolute atomic E-state index is 0.0605. The zero-order chi connectivity index (χ0) is 14.2. The van der Waals surface area contributed by atoms with Gasteiger partial charge in [-0.15, -0.1) is 0 Å². The minimum Gasteiger partial charge on any atom is -0.384 e. The van der Waals surface area contributed by atoms with E-state index in [9.17, 15) is 4.79 Å². The molecular formula is C16H19NO3. The van der Waals surface area contributed by atoms with E-state index in [1.165, 1.54) is 0 Å². The van der Waals surface area contributed by atoms with E-state index < -0.39 is 0 Å². The summed E-state index contributed by atoms with van der Waals surface area (Å²) < 4.78 is 5.45. The van der Waals surface area contributed by atoms with Gasteiger partial charge >= 0.3 is 0 Å². The number of aliphatic hydroxyl groups is 1. The second-order valence-corrected chi connectivity index (χ2v) is 4.69. The van der Waals surface area contributed by atoms with Gasteiger partial charge in [-0.25, -0.2) is 0 Å². The van der Waals surface area contributed by atoms with Gasteiger partial charge in [0.15, 0.2) is 0 Å². The lowest BCUT2D eigenvalue weighted by Crippen LogP contribution is -2.38. The standard InChI is InChI=1S/C16H19NO3/c18-10-5-8-13-6-1-2-7-14(13)12-17-16(19)15-9-3-4-11-20-15/h1-2,6-7,15,18H,3-4,9-12H2,(H,17,19). The SMILES string of the molecule is O=C(NCc1ccccc1C#CCO)C1CCCCO1. The number of rotatable bonds is 3. The third-order valence-electron chi connectivity index (χ3n) is 3.24. The number of nitrogens with one attached hydrogen (secondary N) is 1.